The van der Waals surface area contributed by atoms with Gasteiger partial charge in [-0.1, -0.05) is 5.92 Å². The number of hydrogen-bond donors (Lipinski definition) is 3. The second kappa shape index (κ2) is 5.26. The first kappa shape index (κ1) is 15.1. The Morgan fingerprint density at radius 3 is 2.52 bits per heavy atom. The van der Waals surface area contributed by atoms with Crippen molar-refractivity contribution in [2.45, 2.75) is 44.2 Å². The smallest absolute Gasteiger partial charge is 0.329 e. The number of nitrogens with one attached hydrogen (secondary N) is 1. The molecule has 1 fully saturated rings. The minimum Gasteiger partial charge on any atom is -0.480 e. The highest BCUT2D eigenvalue weighted by Crippen LogP contribution is 2.32. The molecule has 0 aliphatic heterocycles. The first-order chi connectivity index (χ1) is 9.72. The largest absolute Gasteiger partial charge is 0.480 e. The summed E-state index contributed by atoms with van der Waals surface area (Å²) in [7, 11) is 0. The molecule has 6 heteroatoms. The van der Waals surface area contributed by atoms with E-state index in [1.807, 2.05) is 0 Å². The third-order valence-electron chi connectivity index (χ3n) is 3.29. The van der Waals surface area contributed by atoms with Crippen LogP contribution in [0.1, 0.15) is 49.4 Å². The lowest BCUT2D eigenvalue weighted by Gasteiger charge is -2.37. The first-order valence-corrected chi connectivity index (χ1v) is 6.63. The molecule has 0 saturated heterocycles. The van der Waals surface area contributed by atoms with Gasteiger partial charge in [0.15, 0.2) is 11.5 Å². The zero-order valence-corrected chi connectivity index (χ0v) is 11.9. The average molecular weight is 291 g/mol. The fourth-order valence-corrected chi connectivity index (χ4v) is 1.94. The van der Waals surface area contributed by atoms with Crippen molar-refractivity contribution in [2.75, 3.05) is 0 Å². The predicted octanol–water partition coefficient (Wildman–Crippen LogP) is 1.14. The van der Waals surface area contributed by atoms with Crippen molar-refractivity contribution in [3.05, 3.63) is 23.7 Å². The highest BCUT2D eigenvalue weighted by atomic mass is 16.4. The van der Waals surface area contributed by atoms with Crippen molar-refractivity contribution in [3.63, 3.8) is 0 Å². The standard InChI is InChI=1S/C15H17NO5/c1-14(2,20)9-6-10-4-5-11(21-10)12(17)16-15(13(18)19)7-3-8-15/h4-5,20H,3,7-8H2,1-2H3,(H,16,17)(H,18,19). The number of aliphatic hydroxyl groups is 1. The van der Waals surface area contributed by atoms with Crippen molar-refractivity contribution in [2.24, 2.45) is 0 Å². The monoisotopic (exact) mass is 291 g/mol. The number of furan rings is 1. The Morgan fingerprint density at radius 1 is 1.38 bits per heavy atom. The van der Waals surface area contributed by atoms with Crippen molar-refractivity contribution in [1.82, 2.24) is 5.32 Å². The number of hydrogen-bond acceptors (Lipinski definition) is 4. The molecule has 2 rings (SSSR count). The van der Waals surface area contributed by atoms with E-state index < -0.39 is 23.0 Å². The minimum absolute atomic E-state index is 0.00238. The van der Waals surface area contributed by atoms with Crippen LogP contribution in [0.3, 0.4) is 0 Å². The van der Waals surface area contributed by atoms with Crippen LogP contribution in [0.5, 0.6) is 0 Å². The van der Waals surface area contributed by atoms with Crippen LogP contribution >= 0.6 is 0 Å². The van der Waals surface area contributed by atoms with E-state index in [0.29, 0.717) is 12.8 Å². The van der Waals surface area contributed by atoms with Crippen molar-refractivity contribution < 1.29 is 24.2 Å². The van der Waals surface area contributed by atoms with Crippen LogP contribution in [-0.4, -0.2) is 33.2 Å². The zero-order chi connectivity index (χ0) is 15.7. The Labute approximate surface area is 122 Å². The van der Waals surface area contributed by atoms with E-state index in [-0.39, 0.29) is 11.5 Å². The third-order valence-corrected chi connectivity index (χ3v) is 3.29. The quantitative estimate of drug-likeness (QED) is 0.725. The van der Waals surface area contributed by atoms with E-state index in [9.17, 15) is 14.7 Å². The Morgan fingerprint density at radius 2 is 2.05 bits per heavy atom. The predicted molar refractivity (Wildman–Crippen MR) is 73.6 cm³/mol. The van der Waals surface area contributed by atoms with Gasteiger partial charge in [-0.15, -0.1) is 0 Å². The summed E-state index contributed by atoms with van der Waals surface area (Å²) in [5, 5.41) is 21.2. The fraction of sp³-hybridized carbons (Fsp3) is 0.467. The van der Waals surface area contributed by atoms with E-state index in [2.05, 4.69) is 17.2 Å². The zero-order valence-electron chi connectivity index (χ0n) is 11.9. The number of carboxylic acid groups (broad SMARTS) is 1. The van der Waals surface area contributed by atoms with Gasteiger partial charge in [-0.25, -0.2) is 4.79 Å². The maximum atomic E-state index is 12.0. The molecule has 0 bridgehead atoms. The summed E-state index contributed by atoms with van der Waals surface area (Å²) in [4.78, 5) is 23.2. The van der Waals surface area contributed by atoms with E-state index in [1.54, 1.807) is 0 Å². The molecule has 0 aromatic carbocycles. The van der Waals surface area contributed by atoms with Crippen LogP contribution in [-0.2, 0) is 4.79 Å². The van der Waals surface area contributed by atoms with E-state index in [4.69, 9.17) is 9.52 Å². The van der Waals surface area contributed by atoms with Crippen LogP contribution in [0.25, 0.3) is 0 Å². The molecule has 1 aromatic rings. The SMILES string of the molecule is CC(C)(O)C#Cc1ccc(C(=O)NC2(C(=O)O)CCC2)o1. The van der Waals surface area contributed by atoms with Gasteiger partial charge < -0.3 is 19.9 Å². The molecule has 1 amide bonds. The molecule has 1 saturated carbocycles. The molecule has 0 unspecified atom stereocenters. The van der Waals surface area contributed by atoms with Crippen molar-refractivity contribution in [1.29, 1.82) is 0 Å². The van der Waals surface area contributed by atoms with Crippen LogP contribution < -0.4 is 5.32 Å². The van der Waals surface area contributed by atoms with Gasteiger partial charge >= 0.3 is 5.97 Å². The topological polar surface area (TPSA) is 99.8 Å². The van der Waals surface area contributed by atoms with Crippen LogP contribution in [0.2, 0.25) is 0 Å². The maximum absolute atomic E-state index is 12.0. The van der Waals surface area contributed by atoms with Crippen molar-refractivity contribution in [3.8, 4) is 11.8 Å². The van der Waals surface area contributed by atoms with Crippen molar-refractivity contribution >= 4 is 11.9 Å². The van der Waals surface area contributed by atoms with Gasteiger partial charge in [0.25, 0.3) is 5.91 Å². The number of rotatable bonds is 3. The molecule has 0 spiro atoms. The average Bonchev–Trinajstić information content (AvgIpc) is 2.78. The second-order valence-electron chi connectivity index (χ2n) is 5.67. The third kappa shape index (κ3) is 3.44. The maximum Gasteiger partial charge on any atom is 0.329 e. The number of amides is 1. The number of carbonyl (C=O) groups is 2. The highest BCUT2D eigenvalue weighted by Gasteiger charge is 2.46. The molecule has 0 atom stereocenters. The molecule has 1 aliphatic rings. The van der Waals surface area contributed by atoms with Crippen LogP contribution in [0.15, 0.2) is 16.5 Å². The minimum atomic E-state index is -1.18. The molecular formula is C15H17NO5. The molecule has 112 valence electrons. The van der Waals surface area contributed by atoms with Gasteiger partial charge in [0.2, 0.25) is 0 Å². The van der Waals surface area contributed by atoms with Gasteiger partial charge in [-0.3, -0.25) is 4.79 Å². The molecule has 6 nitrogen and oxygen atoms in total. The van der Waals surface area contributed by atoms with E-state index >= 15 is 0 Å². The summed E-state index contributed by atoms with van der Waals surface area (Å²) in [6.45, 7) is 3.06. The normalized spacial score (nSPS) is 16.3. The summed E-state index contributed by atoms with van der Waals surface area (Å²) in [5.41, 5.74) is -2.34. The summed E-state index contributed by atoms with van der Waals surface area (Å²) in [6, 6.07) is 2.93. The second-order valence-corrected chi connectivity index (χ2v) is 5.67. The number of carbonyl (C=O) groups excluding carboxylic acids is 1. The van der Waals surface area contributed by atoms with Crippen LogP contribution in [0.4, 0.5) is 0 Å². The fourth-order valence-electron chi connectivity index (χ4n) is 1.94. The molecule has 3 N–H and O–H groups in total. The van der Waals surface area contributed by atoms with Crippen LogP contribution in [0, 0.1) is 11.8 Å². The van der Waals surface area contributed by atoms with E-state index in [0.717, 1.165) is 6.42 Å². The lowest BCUT2D eigenvalue weighted by Crippen LogP contribution is -2.59. The highest BCUT2D eigenvalue weighted by molar-refractivity contribution is 5.96. The molecule has 1 aliphatic carbocycles. The Balaban J connectivity index is 2.09. The van der Waals surface area contributed by atoms with Gasteiger partial charge in [0.1, 0.15) is 11.1 Å². The van der Waals surface area contributed by atoms with Gasteiger partial charge in [0, 0.05) is 0 Å². The van der Waals surface area contributed by atoms with Gasteiger partial charge in [-0.05, 0) is 51.2 Å². The number of carboxylic acids is 1. The first-order valence-electron chi connectivity index (χ1n) is 6.63. The van der Waals surface area contributed by atoms with Gasteiger partial charge in [-0.2, -0.15) is 0 Å². The molecule has 21 heavy (non-hydrogen) atoms. The Hall–Kier alpha value is -2.26. The van der Waals surface area contributed by atoms with E-state index in [1.165, 1.54) is 26.0 Å². The summed E-state index contributed by atoms with van der Waals surface area (Å²) in [5.74, 6) is 3.81. The van der Waals surface area contributed by atoms with Gasteiger partial charge in [0.05, 0.1) is 0 Å². The Bertz CT molecular complexity index is 622. The molecule has 0 radical (unpaired) electrons. The molecule has 1 heterocycles. The lowest BCUT2D eigenvalue weighted by molar-refractivity contribution is -0.148. The molecule has 1 aromatic heterocycles. The Kier molecular flexibility index (Phi) is 3.79. The number of aliphatic carboxylic acids is 1. The summed E-state index contributed by atoms with van der Waals surface area (Å²) >= 11 is 0. The lowest BCUT2D eigenvalue weighted by atomic mass is 9.76. The summed E-state index contributed by atoms with van der Waals surface area (Å²) < 4.78 is 5.25. The molecular weight excluding hydrogens is 274 g/mol. The summed E-state index contributed by atoms with van der Waals surface area (Å²) in [6.07, 6.45) is 1.60.